The topological polar surface area (TPSA) is 35.5 Å². The second-order valence-corrected chi connectivity index (χ2v) is 11.7. The van der Waals surface area contributed by atoms with Crippen LogP contribution in [0.25, 0.3) is 0 Å². The van der Waals surface area contributed by atoms with Gasteiger partial charge in [0.25, 0.3) is 0 Å². The maximum atomic E-state index is 11.3. The largest absolute Gasteiger partial charge is 0.466 e. The maximum absolute atomic E-state index is 11.3. The van der Waals surface area contributed by atoms with Crippen molar-refractivity contribution in [3.05, 3.63) is 0 Å². The molecule has 0 N–H and O–H groups in total. The summed E-state index contributed by atoms with van der Waals surface area (Å²) in [6, 6.07) is 0. The van der Waals surface area contributed by atoms with E-state index in [-0.39, 0.29) is 5.97 Å². The van der Waals surface area contributed by atoms with Crippen molar-refractivity contribution < 1.29 is 14.3 Å². The van der Waals surface area contributed by atoms with Gasteiger partial charge in [0.15, 0.2) is 0 Å². The van der Waals surface area contributed by atoms with Gasteiger partial charge in [-0.05, 0) is 97.7 Å². The molecule has 0 saturated heterocycles. The molecule has 0 radical (unpaired) electrons. The Bertz CT molecular complexity index is 660. The Morgan fingerprint density at radius 1 is 1.11 bits per heavy atom. The molecule has 5 fully saturated rings. The molecule has 0 unspecified atom stereocenters. The van der Waals surface area contributed by atoms with Crippen molar-refractivity contribution in [3.8, 4) is 0 Å². The van der Waals surface area contributed by atoms with E-state index in [1.807, 2.05) is 7.11 Å². The summed E-state index contributed by atoms with van der Waals surface area (Å²) in [6.07, 6.45) is 11.6. The van der Waals surface area contributed by atoms with Crippen molar-refractivity contribution in [2.75, 3.05) is 13.7 Å². The van der Waals surface area contributed by atoms with Crippen LogP contribution in [0.3, 0.4) is 0 Å². The number of ether oxygens (including phenoxy) is 2. The van der Waals surface area contributed by atoms with E-state index in [1.54, 1.807) is 0 Å². The van der Waals surface area contributed by atoms with Crippen LogP contribution in [0.2, 0.25) is 0 Å². The highest BCUT2D eigenvalue weighted by Crippen LogP contribution is 2.82. The van der Waals surface area contributed by atoms with Gasteiger partial charge in [0.05, 0.1) is 12.7 Å². The van der Waals surface area contributed by atoms with Crippen molar-refractivity contribution in [3.63, 3.8) is 0 Å². The lowest BCUT2D eigenvalue weighted by Gasteiger charge is -2.61. The third-order valence-electron chi connectivity index (χ3n) is 11.1. The fraction of sp³-hybridized carbons (Fsp3) is 0.960. The van der Waals surface area contributed by atoms with Crippen molar-refractivity contribution >= 4 is 5.97 Å². The van der Waals surface area contributed by atoms with Gasteiger partial charge in [-0.1, -0.05) is 20.8 Å². The van der Waals surface area contributed by atoms with E-state index < -0.39 is 0 Å². The molecule has 1 spiro atoms. The number of carbonyl (C=O) groups is 1. The summed E-state index contributed by atoms with van der Waals surface area (Å²) in [5, 5.41) is 0. The molecule has 28 heavy (non-hydrogen) atoms. The van der Waals surface area contributed by atoms with E-state index in [2.05, 4.69) is 20.8 Å². The van der Waals surface area contributed by atoms with Crippen LogP contribution in [0.15, 0.2) is 0 Å². The van der Waals surface area contributed by atoms with Gasteiger partial charge in [-0.3, -0.25) is 4.79 Å². The summed E-state index contributed by atoms with van der Waals surface area (Å²) in [4.78, 5) is 11.3. The standard InChI is InChI=1S/C25H40O3/c1-15(14-28-16(2)26)19-6-7-20-18-12-22(27-5)25-13-17(25)8-11-24(25,4)21(18)9-10-23(19,20)3/h15,17-22H,6-14H2,1-5H3/t15-,17-,18+,19-,20+,21+,22+,23-,24-,25+/m1/s1. The van der Waals surface area contributed by atoms with Gasteiger partial charge >= 0.3 is 5.97 Å². The molecule has 0 aromatic carbocycles. The van der Waals surface area contributed by atoms with Crippen molar-refractivity contribution in [2.45, 2.75) is 85.2 Å². The van der Waals surface area contributed by atoms with E-state index in [0.717, 1.165) is 23.7 Å². The third-order valence-corrected chi connectivity index (χ3v) is 11.1. The molecule has 0 bridgehead atoms. The van der Waals surface area contributed by atoms with Crippen LogP contribution in [0.5, 0.6) is 0 Å². The van der Waals surface area contributed by atoms with Crippen LogP contribution in [-0.4, -0.2) is 25.8 Å². The lowest BCUT2D eigenvalue weighted by Crippen LogP contribution is -2.57. The molecule has 5 aliphatic rings. The molecule has 5 saturated carbocycles. The minimum atomic E-state index is -0.135. The smallest absolute Gasteiger partial charge is 0.302 e. The van der Waals surface area contributed by atoms with Gasteiger partial charge in [0.1, 0.15) is 0 Å². The first kappa shape index (κ1) is 19.4. The Morgan fingerprint density at radius 2 is 1.89 bits per heavy atom. The molecule has 0 aromatic rings. The Hall–Kier alpha value is -0.570. The Labute approximate surface area is 171 Å². The highest BCUT2D eigenvalue weighted by Gasteiger charge is 2.77. The van der Waals surface area contributed by atoms with Gasteiger partial charge in [0.2, 0.25) is 0 Å². The quantitative estimate of drug-likeness (QED) is 0.599. The average molecular weight is 389 g/mol. The molecule has 0 aliphatic heterocycles. The van der Waals surface area contributed by atoms with E-state index in [4.69, 9.17) is 9.47 Å². The second-order valence-electron chi connectivity index (χ2n) is 11.7. The molecular formula is C25H40O3. The summed E-state index contributed by atoms with van der Waals surface area (Å²) in [7, 11) is 1.98. The molecule has 158 valence electrons. The number of carbonyl (C=O) groups excluding carboxylic acids is 1. The molecule has 5 rings (SSSR count). The summed E-state index contributed by atoms with van der Waals surface area (Å²) >= 11 is 0. The van der Waals surface area contributed by atoms with Crippen LogP contribution >= 0.6 is 0 Å². The molecule has 0 heterocycles. The van der Waals surface area contributed by atoms with Crippen LogP contribution in [-0.2, 0) is 14.3 Å². The summed E-state index contributed by atoms with van der Waals surface area (Å²) < 4.78 is 11.6. The average Bonchev–Trinajstić information content (AvgIpc) is 3.16. The number of methoxy groups -OCH3 is 1. The Kier molecular flexibility index (Phi) is 4.31. The zero-order valence-corrected chi connectivity index (χ0v) is 18.6. The third kappa shape index (κ3) is 2.29. The minimum absolute atomic E-state index is 0.135. The minimum Gasteiger partial charge on any atom is -0.466 e. The molecular weight excluding hydrogens is 348 g/mol. The summed E-state index contributed by atoms with van der Waals surface area (Å²) in [5.74, 6) is 4.57. The summed E-state index contributed by atoms with van der Waals surface area (Å²) in [6.45, 7) is 9.68. The lowest BCUT2D eigenvalue weighted by atomic mass is 9.45. The van der Waals surface area contributed by atoms with Crippen LogP contribution in [0, 0.1) is 51.8 Å². The first-order valence-corrected chi connectivity index (χ1v) is 11.9. The van der Waals surface area contributed by atoms with E-state index in [1.165, 1.54) is 58.3 Å². The Balaban J connectivity index is 1.40. The number of esters is 1. The maximum Gasteiger partial charge on any atom is 0.302 e. The first-order valence-electron chi connectivity index (χ1n) is 11.9. The van der Waals surface area contributed by atoms with E-state index >= 15 is 0 Å². The van der Waals surface area contributed by atoms with Crippen molar-refractivity contribution in [1.29, 1.82) is 0 Å². The van der Waals surface area contributed by atoms with Crippen molar-refractivity contribution in [1.82, 2.24) is 0 Å². The highest BCUT2D eigenvalue weighted by atomic mass is 16.5. The molecule has 0 aromatic heterocycles. The van der Waals surface area contributed by atoms with Crippen LogP contribution in [0.1, 0.15) is 79.1 Å². The van der Waals surface area contributed by atoms with Crippen LogP contribution in [0.4, 0.5) is 0 Å². The van der Waals surface area contributed by atoms with Crippen LogP contribution < -0.4 is 0 Å². The molecule has 0 amide bonds. The molecule has 3 heteroatoms. The van der Waals surface area contributed by atoms with Crippen molar-refractivity contribution in [2.24, 2.45) is 51.8 Å². The van der Waals surface area contributed by atoms with Gasteiger partial charge in [-0.15, -0.1) is 0 Å². The molecule has 10 atom stereocenters. The number of rotatable bonds is 4. The van der Waals surface area contributed by atoms with E-state index in [9.17, 15) is 4.79 Å². The fourth-order valence-electron chi connectivity index (χ4n) is 9.92. The second kappa shape index (κ2) is 6.22. The number of hydrogen-bond donors (Lipinski definition) is 0. The molecule has 5 aliphatic carbocycles. The predicted molar refractivity (Wildman–Crippen MR) is 110 cm³/mol. The zero-order chi connectivity index (χ0) is 19.9. The SMILES string of the molecule is CO[C@H]1C[C@H]2[C@@H]3CC[C@H]([C@H](C)COC(C)=O)[C@@]3(C)CC[C@@H]2[C@@]2(C)CC[C@@H]3C[C@]312. The fourth-order valence-corrected chi connectivity index (χ4v) is 9.92. The Morgan fingerprint density at radius 3 is 2.57 bits per heavy atom. The number of hydrogen-bond acceptors (Lipinski definition) is 3. The lowest BCUT2D eigenvalue weighted by molar-refractivity contribution is -0.162. The van der Waals surface area contributed by atoms with Gasteiger partial charge < -0.3 is 9.47 Å². The van der Waals surface area contributed by atoms with Gasteiger partial charge in [-0.25, -0.2) is 0 Å². The normalized spacial score (nSPS) is 54.9. The molecule has 3 nitrogen and oxygen atoms in total. The monoisotopic (exact) mass is 388 g/mol. The summed E-state index contributed by atoms with van der Waals surface area (Å²) in [5.41, 5.74) is 1.46. The van der Waals surface area contributed by atoms with E-state index in [0.29, 0.717) is 40.8 Å². The van der Waals surface area contributed by atoms with Gasteiger partial charge in [0, 0.05) is 19.4 Å². The highest BCUT2D eigenvalue weighted by molar-refractivity contribution is 5.65. The predicted octanol–water partition coefficient (Wildman–Crippen LogP) is 5.47. The number of fused-ring (bicyclic) bond motifs is 4. The van der Waals surface area contributed by atoms with Gasteiger partial charge in [-0.2, -0.15) is 0 Å². The first-order chi connectivity index (χ1) is 13.3. The zero-order valence-electron chi connectivity index (χ0n) is 18.6.